The molecule has 2 aromatic rings. The molecule has 1 aromatic heterocycles. The molecule has 0 aliphatic rings. The number of thiophene rings is 1. The van der Waals surface area contributed by atoms with Crippen molar-refractivity contribution in [3.63, 3.8) is 0 Å². The zero-order valence-corrected chi connectivity index (χ0v) is 9.07. The third-order valence-corrected chi connectivity index (χ3v) is 3.66. The lowest BCUT2D eigenvalue weighted by molar-refractivity contribution is 1.47. The summed E-state index contributed by atoms with van der Waals surface area (Å²) in [4.78, 5) is 2.14. The molecule has 2 rings (SSSR count). The van der Waals surface area contributed by atoms with Crippen LogP contribution in [0.1, 0.15) is 4.88 Å². The van der Waals surface area contributed by atoms with E-state index in [9.17, 15) is 0 Å². The van der Waals surface area contributed by atoms with Gasteiger partial charge in [-0.3, -0.25) is 5.41 Å². The number of benzene rings is 1. The first-order chi connectivity index (χ1) is 6.86. The molecule has 0 unspecified atom stereocenters. The van der Waals surface area contributed by atoms with E-state index < -0.39 is 0 Å². The van der Waals surface area contributed by atoms with Gasteiger partial charge in [-0.15, -0.1) is 11.3 Å². The molecule has 0 aliphatic heterocycles. The van der Waals surface area contributed by atoms with Crippen molar-refractivity contribution in [1.29, 1.82) is 5.41 Å². The summed E-state index contributed by atoms with van der Waals surface area (Å²) in [7, 11) is 0. The van der Waals surface area contributed by atoms with E-state index in [1.807, 2.05) is 47.8 Å². The number of thioether (sulfide) groups is 1. The van der Waals surface area contributed by atoms with Crippen molar-refractivity contribution in [2.24, 2.45) is 0 Å². The van der Waals surface area contributed by atoms with Gasteiger partial charge in [-0.2, -0.15) is 0 Å². The molecule has 0 fully saturated rings. The van der Waals surface area contributed by atoms with Gasteiger partial charge in [0.1, 0.15) is 5.04 Å². The zero-order chi connectivity index (χ0) is 9.80. The van der Waals surface area contributed by atoms with Crippen LogP contribution in [-0.2, 0) is 0 Å². The molecule has 0 saturated carbocycles. The maximum atomic E-state index is 7.86. The molecule has 0 radical (unpaired) electrons. The van der Waals surface area contributed by atoms with E-state index in [4.69, 9.17) is 5.41 Å². The summed E-state index contributed by atoms with van der Waals surface area (Å²) in [6, 6.07) is 14.0. The van der Waals surface area contributed by atoms with Crippen molar-refractivity contribution >= 4 is 28.1 Å². The number of hydrogen-bond donors (Lipinski definition) is 1. The predicted molar refractivity (Wildman–Crippen MR) is 63.4 cm³/mol. The Morgan fingerprint density at radius 1 is 1.07 bits per heavy atom. The summed E-state index contributed by atoms with van der Waals surface area (Å²) in [6.45, 7) is 0. The van der Waals surface area contributed by atoms with Crippen molar-refractivity contribution < 1.29 is 0 Å². The van der Waals surface area contributed by atoms with Gasteiger partial charge in [0, 0.05) is 4.90 Å². The van der Waals surface area contributed by atoms with Gasteiger partial charge in [-0.25, -0.2) is 0 Å². The highest BCUT2D eigenvalue weighted by Gasteiger charge is 2.03. The fourth-order valence-corrected chi connectivity index (χ4v) is 2.60. The van der Waals surface area contributed by atoms with Gasteiger partial charge in [0.15, 0.2) is 0 Å². The van der Waals surface area contributed by atoms with Crippen LogP contribution in [0.5, 0.6) is 0 Å². The minimum atomic E-state index is 0.617. The normalized spacial score (nSPS) is 10.0. The maximum absolute atomic E-state index is 7.86. The van der Waals surface area contributed by atoms with Crippen molar-refractivity contribution in [1.82, 2.24) is 0 Å². The minimum absolute atomic E-state index is 0.617. The van der Waals surface area contributed by atoms with Gasteiger partial charge in [-0.1, -0.05) is 36.0 Å². The Bertz CT molecular complexity index is 406. The van der Waals surface area contributed by atoms with Gasteiger partial charge in [0.05, 0.1) is 4.88 Å². The Hall–Kier alpha value is -1.06. The lowest BCUT2D eigenvalue weighted by Crippen LogP contribution is -1.87. The summed E-state index contributed by atoms with van der Waals surface area (Å²) >= 11 is 3.10. The molecule has 1 nitrogen and oxygen atoms in total. The Labute approximate surface area is 91.3 Å². The zero-order valence-electron chi connectivity index (χ0n) is 7.44. The largest absolute Gasteiger partial charge is 0.292 e. The molecule has 1 aromatic carbocycles. The van der Waals surface area contributed by atoms with Crippen LogP contribution >= 0.6 is 23.1 Å². The van der Waals surface area contributed by atoms with E-state index in [0.717, 1.165) is 9.77 Å². The van der Waals surface area contributed by atoms with Crippen LogP contribution in [0, 0.1) is 5.41 Å². The molecule has 0 spiro atoms. The molecular formula is C11H9NS2. The van der Waals surface area contributed by atoms with E-state index >= 15 is 0 Å². The van der Waals surface area contributed by atoms with Gasteiger partial charge >= 0.3 is 0 Å². The van der Waals surface area contributed by atoms with Crippen molar-refractivity contribution in [3.05, 3.63) is 52.7 Å². The van der Waals surface area contributed by atoms with Crippen LogP contribution in [0.4, 0.5) is 0 Å². The molecule has 0 aliphatic carbocycles. The molecule has 0 bridgehead atoms. The summed E-state index contributed by atoms with van der Waals surface area (Å²) in [5.41, 5.74) is 0. The first-order valence-corrected chi connectivity index (χ1v) is 5.91. The molecule has 1 heterocycles. The molecule has 0 amide bonds. The molecule has 14 heavy (non-hydrogen) atoms. The third-order valence-electron chi connectivity index (χ3n) is 1.71. The highest BCUT2D eigenvalue weighted by molar-refractivity contribution is 8.14. The first kappa shape index (κ1) is 9.49. The predicted octanol–water partition coefficient (Wildman–Crippen LogP) is 3.87. The van der Waals surface area contributed by atoms with Crippen molar-refractivity contribution in [2.45, 2.75) is 4.90 Å². The topological polar surface area (TPSA) is 23.9 Å². The summed E-state index contributed by atoms with van der Waals surface area (Å²) < 4.78 is 0. The van der Waals surface area contributed by atoms with Crippen LogP contribution < -0.4 is 0 Å². The van der Waals surface area contributed by atoms with Crippen molar-refractivity contribution in [3.8, 4) is 0 Å². The Balaban J connectivity index is 2.10. The van der Waals surface area contributed by atoms with Gasteiger partial charge < -0.3 is 0 Å². The molecular weight excluding hydrogens is 210 g/mol. The molecule has 0 atom stereocenters. The number of nitrogens with one attached hydrogen (secondary N) is 1. The first-order valence-electron chi connectivity index (χ1n) is 4.21. The van der Waals surface area contributed by atoms with Crippen LogP contribution in [0.2, 0.25) is 0 Å². The summed E-state index contributed by atoms with van der Waals surface area (Å²) in [6.07, 6.45) is 0. The second-order valence-electron chi connectivity index (χ2n) is 2.72. The van der Waals surface area contributed by atoms with Crippen LogP contribution in [0.3, 0.4) is 0 Å². The van der Waals surface area contributed by atoms with E-state index in [1.165, 1.54) is 11.8 Å². The monoisotopic (exact) mass is 219 g/mol. The van der Waals surface area contributed by atoms with Crippen LogP contribution in [-0.4, -0.2) is 5.04 Å². The smallest absolute Gasteiger partial charge is 0.109 e. The second kappa shape index (κ2) is 4.44. The van der Waals surface area contributed by atoms with Gasteiger partial charge in [0.2, 0.25) is 0 Å². The van der Waals surface area contributed by atoms with Gasteiger partial charge in [0.25, 0.3) is 0 Å². The van der Waals surface area contributed by atoms with Crippen LogP contribution in [0.15, 0.2) is 52.7 Å². The Kier molecular flexibility index (Phi) is 3.01. The van der Waals surface area contributed by atoms with E-state index in [2.05, 4.69) is 0 Å². The second-order valence-corrected chi connectivity index (χ2v) is 4.75. The molecule has 0 saturated heterocycles. The van der Waals surface area contributed by atoms with Crippen molar-refractivity contribution in [2.75, 3.05) is 0 Å². The molecule has 1 N–H and O–H groups in total. The minimum Gasteiger partial charge on any atom is -0.292 e. The molecule has 70 valence electrons. The Morgan fingerprint density at radius 2 is 1.86 bits per heavy atom. The van der Waals surface area contributed by atoms with E-state index in [-0.39, 0.29) is 0 Å². The van der Waals surface area contributed by atoms with Crippen LogP contribution in [0.25, 0.3) is 0 Å². The standard InChI is InChI=1S/C11H9NS2/c12-11(10-7-4-8-13-10)14-9-5-2-1-3-6-9/h1-8,12H. The highest BCUT2D eigenvalue weighted by atomic mass is 32.2. The molecule has 3 heteroatoms. The third kappa shape index (κ3) is 2.25. The van der Waals surface area contributed by atoms with E-state index in [1.54, 1.807) is 11.3 Å². The van der Waals surface area contributed by atoms with E-state index in [0.29, 0.717) is 5.04 Å². The lowest BCUT2D eigenvalue weighted by atomic mass is 10.4. The fourth-order valence-electron chi connectivity index (χ4n) is 1.06. The fraction of sp³-hybridized carbons (Fsp3) is 0. The highest BCUT2D eigenvalue weighted by Crippen LogP contribution is 2.24. The quantitative estimate of drug-likeness (QED) is 0.463. The Morgan fingerprint density at radius 3 is 2.50 bits per heavy atom. The summed E-state index contributed by atoms with van der Waals surface area (Å²) in [5.74, 6) is 0. The average Bonchev–Trinajstić information content (AvgIpc) is 2.72. The number of hydrogen-bond acceptors (Lipinski definition) is 3. The average molecular weight is 219 g/mol. The SMILES string of the molecule is N=C(Sc1ccccc1)c1cccs1. The number of rotatable bonds is 2. The maximum Gasteiger partial charge on any atom is 0.109 e. The summed E-state index contributed by atoms with van der Waals surface area (Å²) in [5, 5.41) is 10.5. The lowest BCUT2D eigenvalue weighted by Gasteiger charge is -1.99. The van der Waals surface area contributed by atoms with Gasteiger partial charge in [-0.05, 0) is 23.6 Å².